The zero-order valence-corrected chi connectivity index (χ0v) is 13.9. The second-order valence-corrected chi connectivity index (χ2v) is 8.53. The summed E-state index contributed by atoms with van der Waals surface area (Å²) in [5.41, 5.74) is -0.380. The highest BCUT2D eigenvalue weighted by Gasteiger charge is 2.38. The zero-order valence-electron chi connectivity index (χ0n) is 11.5. The molecule has 1 aromatic rings. The normalized spacial score (nSPS) is 24.1. The first-order chi connectivity index (χ1) is 9.77. The van der Waals surface area contributed by atoms with Crippen molar-refractivity contribution >= 4 is 38.6 Å². The van der Waals surface area contributed by atoms with Gasteiger partial charge in [0, 0.05) is 18.7 Å². The summed E-state index contributed by atoms with van der Waals surface area (Å²) in [6.07, 6.45) is 0.389. The van der Waals surface area contributed by atoms with E-state index < -0.39 is 14.9 Å². The predicted molar refractivity (Wildman–Crippen MR) is 79.4 cm³/mol. The molecular formula is C11H15ClN2O5S2. The minimum absolute atomic E-state index is 0.105. The van der Waals surface area contributed by atoms with Crippen molar-refractivity contribution < 1.29 is 18.1 Å². The van der Waals surface area contributed by atoms with Gasteiger partial charge in [0.2, 0.25) is 0 Å². The molecule has 0 bridgehead atoms. The summed E-state index contributed by atoms with van der Waals surface area (Å²) in [6.45, 7) is 4.21. The average Bonchev–Trinajstić information content (AvgIpc) is 2.81. The number of rotatable bonds is 4. The molecule has 0 aromatic carbocycles. The fourth-order valence-electron chi connectivity index (χ4n) is 2.14. The molecule has 21 heavy (non-hydrogen) atoms. The van der Waals surface area contributed by atoms with Gasteiger partial charge in [-0.05, 0) is 13.3 Å². The smallest absolute Gasteiger partial charge is 0.300 e. The Morgan fingerprint density at radius 2 is 2.29 bits per heavy atom. The topological polar surface area (TPSA) is 89.8 Å². The van der Waals surface area contributed by atoms with Gasteiger partial charge in [-0.25, -0.2) is 8.42 Å². The molecule has 0 amide bonds. The highest BCUT2D eigenvalue weighted by atomic mass is 35.5. The fraction of sp³-hybridized carbons (Fsp3) is 0.636. The van der Waals surface area contributed by atoms with Crippen LogP contribution in [0.5, 0.6) is 0 Å². The molecule has 1 aromatic heterocycles. The Bertz CT molecular complexity index is 645. The molecule has 0 spiro atoms. The van der Waals surface area contributed by atoms with Crippen LogP contribution in [0.1, 0.15) is 20.3 Å². The number of sulfonamides is 1. The van der Waals surface area contributed by atoms with Crippen molar-refractivity contribution in [1.29, 1.82) is 0 Å². The van der Waals surface area contributed by atoms with Crippen LogP contribution in [0.15, 0.2) is 10.3 Å². The number of ether oxygens (including phenoxy) is 1. The van der Waals surface area contributed by atoms with E-state index in [1.54, 1.807) is 6.92 Å². The lowest BCUT2D eigenvalue weighted by Gasteiger charge is -2.36. The molecule has 10 heteroatoms. The summed E-state index contributed by atoms with van der Waals surface area (Å²) in [5.74, 6) is 0. The summed E-state index contributed by atoms with van der Waals surface area (Å²) >= 11 is 6.46. The summed E-state index contributed by atoms with van der Waals surface area (Å²) in [6, 6.07) is 0.751. The summed E-state index contributed by atoms with van der Waals surface area (Å²) < 4.78 is 32.0. The van der Waals surface area contributed by atoms with Crippen molar-refractivity contribution in [2.75, 3.05) is 13.2 Å². The van der Waals surface area contributed by atoms with E-state index in [9.17, 15) is 18.5 Å². The Morgan fingerprint density at radius 1 is 1.62 bits per heavy atom. The van der Waals surface area contributed by atoms with Crippen molar-refractivity contribution in [3.05, 3.63) is 20.5 Å². The van der Waals surface area contributed by atoms with Gasteiger partial charge in [-0.3, -0.25) is 10.1 Å². The summed E-state index contributed by atoms with van der Waals surface area (Å²) in [7, 11) is -3.81. The lowest BCUT2D eigenvalue weighted by atomic mass is 10.2. The van der Waals surface area contributed by atoms with Gasteiger partial charge < -0.3 is 4.74 Å². The quantitative estimate of drug-likeness (QED) is 0.612. The molecule has 0 saturated carbocycles. The van der Waals surface area contributed by atoms with Crippen LogP contribution in [-0.2, 0) is 14.8 Å². The Morgan fingerprint density at radius 3 is 2.81 bits per heavy atom. The first-order valence-corrected chi connectivity index (χ1v) is 8.98. The lowest BCUT2D eigenvalue weighted by molar-refractivity contribution is -0.384. The van der Waals surface area contributed by atoms with Gasteiger partial charge in [-0.2, -0.15) is 4.31 Å². The third-order valence-electron chi connectivity index (χ3n) is 3.29. The Kier molecular flexibility index (Phi) is 4.89. The van der Waals surface area contributed by atoms with E-state index in [-0.39, 0.29) is 32.9 Å². The summed E-state index contributed by atoms with van der Waals surface area (Å²) in [5, 5.41) is 10.8. The summed E-state index contributed by atoms with van der Waals surface area (Å²) in [4.78, 5) is 10.1. The van der Waals surface area contributed by atoms with E-state index in [1.807, 2.05) is 6.92 Å². The minimum atomic E-state index is -3.81. The van der Waals surface area contributed by atoms with E-state index >= 15 is 0 Å². The van der Waals surface area contributed by atoms with Crippen LogP contribution in [0.3, 0.4) is 0 Å². The fourth-order valence-corrected chi connectivity index (χ4v) is 5.69. The molecule has 118 valence electrons. The van der Waals surface area contributed by atoms with E-state index in [2.05, 4.69) is 0 Å². The van der Waals surface area contributed by atoms with Crippen molar-refractivity contribution in [2.45, 2.75) is 36.6 Å². The van der Waals surface area contributed by atoms with Crippen LogP contribution < -0.4 is 0 Å². The van der Waals surface area contributed by atoms with Crippen molar-refractivity contribution in [3.63, 3.8) is 0 Å². The molecule has 0 N–H and O–H groups in total. The largest absolute Gasteiger partial charge is 0.375 e. The molecule has 1 saturated heterocycles. The van der Waals surface area contributed by atoms with Gasteiger partial charge in [0.05, 0.1) is 17.6 Å². The van der Waals surface area contributed by atoms with Gasteiger partial charge in [0.15, 0.2) is 4.34 Å². The predicted octanol–water partition coefficient (Wildman–Crippen LogP) is 2.50. The molecule has 7 nitrogen and oxygen atoms in total. The van der Waals surface area contributed by atoms with Crippen molar-refractivity contribution in [1.82, 2.24) is 4.31 Å². The van der Waals surface area contributed by atoms with Gasteiger partial charge in [-0.1, -0.05) is 18.5 Å². The number of hydrogen-bond acceptors (Lipinski definition) is 6. The maximum absolute atomic E-state index is 12.7. The molecule has 2 heterocycles. The van der Waals surface area contributed by atoms with E-state index in [0.717, 1.165) is 6.07 Å². The van der Waals surface area contributed by atoms with E-state index in [1.165, 1.54) is 4.31 Å². The van der Waals surface area contributed by atoms with Crippen LogP contribution in [0.4, 0.5) is 5.69 Å². The Hall–Kier alpha value is -0.740. The number of hydrogen-bond donors (Lipinski definition) is 0. The molecule has 1 fully saturated rings. The molecule has 2 unspecified atom stereocenters. The van der Waals surface area contributed by atoms with Crippen LogP contribution in [0.25, 0.3) is 0 Å². The van der Waals surface area contributed by atoms with Gasteiger partial charge in [0.25, 0.3) is 15.7 Å². The maximum Gasteiger partial charge on any atom is 0.300 e. The number of nitrogens with zero attached hydrogens (tertiary/aromatic N) is 2. The molecule has 2 rings (SSSR count). The Balaban J connectivity index is 2.40. The van der Waals surface area contributed by atoms with Gasteiger partial charge in [0.1, 0.15) is 4.21 Å². The second kappa shape index (κ2) is 6.17. The monoisotopic (exact) mass is 354 g/mol. The van der Waals surface area contributed by atoms with Gasteiger partial charge >= 0.3 is 0 Å². The van der Waals surface area contributed by atoms with Crippen LogP contribution in [0, 0.1) is 10.1 Å². The van der Waals surface area contributed by atoms with Crippen molar-refractivity contribution in [3.8, 4) is 0 Å². The average molecular weight is 355 g/mol. The Labute approximate surface area is 131 Å². The molecular weight excluding hydrogens is 340 g/mol. The molecule has 0 radical (unpaired) electrons. The first-order valence-electron chi connectivity index (χ1n) is 6.34. The molecule has 2 atom stereocenters. The van der Waals surface area contributed by atoms with Crippen molar-refractivity contribution in [2.24, 2.45) is 0 Å². The molecule has 0 aliphatic carbocycles. The molecule has 1 aliphatic rings. The van der Waals surface area contributed by atoms with Crippen LogP contribution >= 0.6 is 22.9 Å². The zero-order chi connectivity index (χ0) is 15.8. The first kappa shape index (κ1) is 16.6. The molecule has 1 aliphatic heterocycles. The third-order valence-corrected chi connectivity index (χ3v) is 7.00. The number of halogens is 1. The minimum Gasteiger partial charge on any atom is -0.375 e. The van der Waals surface area contributed by atoms with Crippen LogP contribution in [0.2, 0.25) is 4.34 Å². The standard InChI is InChI=1S/C11H15ClN2O5S2/c1-3-8-6-19-7(2)5-13(8)21(17,18)10-4-9(14(15)16)11(12)20-10/h4,7-8H,3,5-6H2,1-2H3. The highest BCUT2D eigenvalue weighted by molar-refractivity contribution is 7.91. The number of nitro groups is 1. The van der Waals surface area contributed by atoms with Crippen LogP contribution in [-0.4, -0.2) is 42.9 Å². The number of thiophene rings is 1. The second-order valence-electron chi connectivity index (χ2n) is 4.76. The number of morpholine rings is 1. The van der Waals surface area contributed by atoms with E-state index in [4.69, 9.17) is 16.3 Å². The lowest BCUT2D eigenvalue weighted by Crippen LogP contribution is -2.50. The SMILES string of the molecule is CCC1COC(C)CN1S(=O)(=O)c1cc([N+](=O)[O-])c(Cl)s1. The van der Waals surface area contributed by atoms with Gasteiger partial charge in [-0.15, -0.1) is 11.3 Å². The third kappa shape index (κ3) is 3.21. The highest BCUT2D eigenvalue weighted by Crippen LogP contribution is 2.38. The maximum atomic E-state index is 12.7. The van der Waals surface area contributed by atoms with E-state index in [0.29, 0.717) is 24.4 Å².